The maximum atomic E-state index is 14.0. The first-order chi connectivity index (χ1) is 21.4. The van der Waals surface area contributed by atoms with Gasteiger partial charge in [-0.2, -0.15) is 5.26 Å². The molecule has 10 heteroatoms. The van der Waals surface area contributed by atoms with Gasteiger partial charge in [-0.1, -0.05) is 47.7 Å². The molecule has 224 valence electrons. The van der Waals surface area contributed by atoms with Gasteiger partial charge in [0, 0.05) is 5.56 Å². The summed E-state index contributed by atoms with van der Waals surface area (Å²) in [6.07, 6.45) is 1.77. The smallest absolute Gasteiger partial charge is 0.338 e. The van der Waals surface area contributed by atoms with E-state index in [1.54, 1.807) is 45.2 Å². The number of allylic oxidation sites excluding steroid dienone is 1. The Bertz CT molecular complexity index is 1970. The molecular weight excluding hydrogens is 578 g/mol. The number of carbonyl (C=O) groups excluding carboxylic acids is 1. The number of nitriles is 1. The first-order valence-corrected chi connectivity index (χ1v) is 14.9. The number of esters is 1. The van der Waals surface area contributed by atoms with E-state index in [9.17, 15) is 14.9 Å². The quantitative estimate of drug-likeness (QED) is 0.241. The molecule has 0 fully saturated rings. The van der Waals surface area contributed by atoms with Crippen LogP contribution in [-0.4, -0.2) is 30.9 Å². The van der Waals surface area contributed by atoms with Crippen LogP contribution >= 0.6 is 11.3 Å². The number of methoxy groups -OCH3 is 1. The summed E-state index contributed by atoms with van der Waals surface area (Å²) >= 11 is 1.24. The normalized spacial score (nSPS) is 14.3. The molecule has 0 spiro atoms. The lowest BCUT2D eigenvalue weighted by Crippen LogP contribution is -2.39. The highest BCUT2D eigenvalue weighted by Crippen LogP contribution is 2.33. The highest BCUT2D eigenvalue weighted by Gasteiger charge is 2.33. The van der Waals surface area contributed by atoms with E-state index >= 15 is 0 Å². The molecule has 0 amide bonds. The van der Waals surface area contributed by atoms with Crippen LogP contribution in [0.2, 0.25) is 0 Å². The minimum absolute atomic E-state index is 0.192. The second-order valence-corrected chi connectivity index (χ2v) is 10.8. The molecule has 0 radical (unpaired) electrons. The number of carbonyl (C=O) groups is 1. The van der Waals surface area contributed by atoms with Gasteiger partial charge in [-0.3, -0.25) is 9.36 Å². The van der Waals surface area contributed by atoms with Crippen LogP contribution in [-0.2, 0) is 16.1 Å². The molecule has 0 saturated heterocycles. The van der Waals surface area contributed by atoms with Crippen LogP contribution < -0.4 is 29.1 Å². The molecule has 1 aromatic heterocycles. The number of hydrogen-bond acceptors (Lipinski definition) is 9. The molecule has 3 aromatic carbocycles. The standard InChI is InChI=1S/C34H31N3O6S/c1-5-41-28-16-22(14-15-27(28)43-20-25-11-8-7-10-24(25)19-35)17-29-32(38)37-31(23-12-9-13-26(18-23)40-4)30(33(39)42-6-2)21(3)36-34(37)44-29/h7-18,31H,5-6,20H2,1-4H3/b29-17+/t31-/m0/s1. The fourth-order valence-electron chi connectivity index (χ4n) is 4.98. The fourth-order valence-corrected chi connectivity index (χ4v) is 6.03. The summed E-state index contributed by atoms with van der Waals surface area (Å²) in [6, 6.07) is 21.4. The zero-order valence-corrected chi connectivity index (χ0v) is 25.6. The number of hydrogen-bond donors (Lipinski definition) is 0. The molecule has 0 aliphatic carbocycles. The van der Waals surface area contributed by atoms with Crippen LogP contribution in [0.15, 0.2) is 87.8 Å². The van der Waals surface area contributed by atoms with Crippen LogP contribution in [0.1, 0.15) is 49.1 Å². The van der Waals surface area contributed by atoms with E-state index in [1.165, 1.54) is 15.9 Å². The van der Waals surface area contributed by atoms with Crippen molar-refractivity contribution < 1.29 is 23.7 Å². The van der Waals surface area contributed by atoms with E-state index < -0.39 is 12.0 Å². The molecule has 2 heterocycles. The molecule has 0 bridgehead atoms. The topological polar surface area (TPSA) is 112 Å². The Morgan fingerprint density at radius 2 is 1.86 bits per heavy atom. The molecule has 1 atom stereocenters. The number of fused-ring (bicyclic) bond motifs is 1. The van der Waals surface area contributed by atoms with Crippen LogP contribution in [0.25, 0.3) is 6.08 Å². The van der Waals surface area contributed by atoms with Gasteiger partial charge in [0.2, 0.25) is 0 Å². The van der Waals surface area contributed by atoms with Crippen LogP contribution in [0.4, 0.5) is 0 Å². The number of thiazole rings is 1. The van der Waals surface area contributed by atoms with Gasteiger partial charge in [-0.05, 0) is 68.3 Å². The number of benzene rings is 3. The van der Waals surface area contributed by atoms with Crippen LogP contribution in [0.5, 0.6) is 17.2 Å². The van der Waals surface area contributed by atoms with E-state index in [-0.39, 0.29) is 18.8 Å². The van der Waals surface area contributed by atoms with Gasteiger partial charge in [0.1, 0.15) is 12.4 Å². The van der Waals surface area contributed by atoms with Gasteiger partial charge in [0.05, 0.1) is 53.8 Å². The van der Waals surface area contributed by atoms with Crippen molar-refractivity contribution in [3.8, 4) is 23.3 Å². The summed E-state index contributed by atoms with van der Waals surface area (Å²) in [6.45, 7) is 6.17. The second kappa shape index (κ2) is 13.4. The molecule has 4 aromatic rings. The van der Waals surface area contributed by atoms with Gasteiger partial charge in [-0.25, -0.2) is 9.79 Å². The van der Waals surface area contributed by atoms with Crippen molar-refractivity contribution in [1.82, 2.24) is 4.57 Å². The Morgan fingerprint density at radius 1 is 1.05 bits per heavy atom. The first kappa shape index (κ1) is 30.3. The maximum absolute atomic E-state index is 14.0. The highest BCUT2D eigenvalue weighted by atomic mass is 32.1. The predicted molar refractivity (Wildman–Crippen MR) is 166 cm³/mol. The van der Waals surface area contributed by atoms with Gasteiger partial charge >= 0.3 is 5.97 Å². The molecule has 5 rings (SSSR count). The third kappa shape index (κ3) is 6.14. The summed E-state index contributed by atoms with van der Waals surface area (Å²) in [4.78, 5) is 32.2. The molecule has 0 saturated carbocycles. The first-order valence-electron chi connectivity index (χ1n) is 14.1. The number of aromatic nitrogens is 1. The van der Waals surface area contributed by atoms with Crippen molar-refractivity contribution in [2.24, 2.45) is 4.99 Å². The molecule has 0 N–H and O–H groups in total. The minimum atomic E-state index is -0.742. The summed E-state index contributed by atoms with van der Waals surface area (Å²) < 4.78 is 24.7. The third-order valence-electron chi connectivity index (χ3n) is 7.01. The van der Waals surface area contributed by atoms with Crippen LogP contribution in [0, 0.1) is 11.3 Å². The zero-order chi connectivity index (χ0) is 31.2. The molecule has 9 nitrogen and oxygen atoms in total. The lowest BCUT2D eigenvalue weighted by molar-refractivity contribution is -0.139. The number of ether oxygens (including phenoxy) is 4. The molecule has 1 aliphatic rings. The summed E-state index contributed by atoms with van der Waals surface area (Å²) in [5.74, 6) is 1.11. The van der Waals surface area contributed by atoms with E-state index in [0.717, 1.165) is 11.1 Å². The third-order valence-corrected chi connectivity index (χ3v) is 8.00. The predicted octanol–water partition coefficient (Wildman–Crippen LogP) is 4.66. The van der Waals surface area contributed by atoms with Gasteiger partial charge < -0.3 is 18.9 Å². The van der Waals surface area contributed by atoms with E-state index in [4.69, 9.17) is 18.9 Å². The van der Waals surface area contributed by atoms with Crippen molar-refractivity contribution >= 4 is 23.4 Å². The Labute approximate surface area is 258 Å². The largest absolute Gasteiger partial charge is 0.497 e. The van der Waals surface area contributed by atoms with E-state index in [0.29, 0.717) is 55.6 Å². The maximum Gasteiger partial charge on any atom is 0.338 e. The summed E-state index contributed by atoms with van der Waals surface area (Å²) in [7, 11) is 1.57. The SMILES string of the molecule is CCOC(=O)C1=C(C)N=c2s/c(=C/c3ccc(OCc4ccccc4C#N)c(OCC)c3)c(=O)n2[C@H]1c1cccc(OC)c1. The fraction of sp³-hybridized carbons (Fsp3) is 0.235. The Kier molecular flexibility index (Phi) is 9.26. The molecule has 44 heavy (non-hydrogen) atoms. The Balaban J connectivity index is 1.56. The zero-order valence-electron chi connectivity index (χ0n) is 24.8. The van der Waals surface area contributed by atoms with Crippen LogP contribution in [0.3, 0.4) is 0 Å². The van der Waals surface area contributed by atoms with Gasteiger partial charge in [0.25, 0.3) is 5.56 Å². The monoisotopic (exact) mass is 609 g/mol. The van der Waals surface area contributed by atoms with Crippen molar-refractivity contribution in [2.75, 3.05) is 20.3 Å². The average molecular weight is 610 g/mol. The average Bonchev–Trinajstić information content (AvgIpc) is 3.33. The molecule has 0 unspecified atom stereocenters. The lowest BCUT2D eigenvalue weighted by atomic mass is 9.95. The van der Waals surface area contributed by atoms with E-state index in [1.807, 2.05) is 55.5 Å². The number of rotatable bonds is 10. The summed E-state index contributed by atoms with van der Waals surface area (Å²) in [5, 5.41) is 9.40. The van der Waals surface area contributed by atoms with Gasteiger partial charge in [-0.15, -0.1) is 0 Å². The second-order valence-electron chi connectivity index (χ2n) is 9.78. The van der Waals surface area contributed by atoms with Crippen molar-refractivity contribution in [1.29, 1.82) is 5.26 Å². The minimum Gasteiger partial charge on any atom is -0.497 e. The Morgan fingerprint density at radius 3 is 2.61 bits per heavy atom. The van der Waals surface area contributed by atoms with Crippen molar-refractivity contribution in [3.63, 3.8) is 0 Å². The summed E-state index contributed by atoms with van der Waals surface area (Å²) in [5.41, 5.74) is 3.24. The van der Waals surface area contributed by atoms with E-state index in [2.05, 4.69) is 11.1 Å². The molecule has 1 aliphatic heterocycles. The van der Waals surface area contributed by atoms with Crippen molar-refractivity contribution in [3.05, 3.63) is 120 Å². The van der Waals surface area contributed by atoms with Gasteiger partial charge in [0.15, 0.2) is 16.3 Å². The highest BCUT2D eigenvalue weighted by molar-refractivity contribution is 7.07. The molecular formula is C34H31N3O6S. The lowest BCUT2D eigenvalue weighted by Gasteiger charge is -2.25. The number of nitrogens with zero attached hydrogens (tertiary/aromatic N) is 3. The van der Waals surface area contributed by atoms with Crippen molar-refractivity contribution in [2.45, 2.75) is 33.4 Å². The Hall–Kier alpha value is -5.14.